The first kappa shape index (κ1) is 9.45. The van der Waals surface area contributed by atoms with E-state index in [9.17, 15) is 0 Å². The van der Waals surface area contributed by atoms with Crippen LogP contribution in [0.1, 0.15) is 5.82 Å². The van der Waals surface area contributed by atoms with E-state index >= 15 is 0 Å². The minimum absolute atomic E-state index is 0.454. The molecule has 2 rings (SSSR count). The summed E-state index contributed by atoms with van der Waals surface area (Å²) in [7, 11) is 1.56. The number of hydrogen-bond donors (Lipinski definition) is 0. The summed E-state index contributed by atoms with van der Waals surface area (Å²) < 4.78 is 4.94. The summed E-state index contributed by atoms with van der Waals surface area (Å²) in [5, 5.41) is 15.4. The molecule has 6 heteroatoms. The number of aromatic nitrogens is 5. The molecule has 15 heavy (non-hydrogen) atoms. The maximum Gasteiger partial charge on any atom is 0.212 e. The van der Waals surface area contributed by atoms with Gasteiger partial charge in [-0.05, 0) is 13.0 Å². The summed E-state index contributed by atoms with van der Waals surface area (Å²) in [6, 6.07) is 3.54. The van der Waals surface area contributed by atoms with Gasteiger partial charge in [0.2, 0.25) is 11.7 Å². The Labute approximate surface area is 86.4 Å². The fourth-order valence-electron chi connectivity index (χ4n) is 1.03. The first-order valence-corrected chi connectivity index (χ1v) is 4.34. The van der Waals surface area contributed by atoms with Crippen molar-refractivity contribution in [3.63, 3.8) is 0 Å². The highest BCUT2D eigenvalue weighted by Gasteiger charge is 2.03. The standard InChI is InChI=1S/C9H9N5O/c1-6-11-13-9(14-12-6)7-3-4-8(15-2)10-5-7/h3-5H,1-2H3. The smallest absolute Gasteiger partial charge is 0.212 e. The number of aryl methyl sites for hydroxylation is 1. The highest BCUT2D eigenvalue weighted by molar-refractivity contribution is 5.52. The molecule has 0 saturated carbocycles. The van der Waals surface area contributed by atoms with Crippen LogP contribution in [0.25, 0.3) is 11.4 Å². The van der Waals surface area contributed by atoms with E-state index in [2.05, 4.69) is 25.4 Å². The Morgan fingerprint density at radius 3 is 2.33 bits per heavy atom. The van der Waals surface area contributed by atoms with Crippen LogP contribution in [0.5, 0.6) is 5.88 Å². The number of nitrogens with zero attached hydrogens (tertiary/aromatic N) is 5. The number of hydrogen-bond acceptors (Lipinski definition) is 6. The highest BCUT2D eigenvalue weighted by atomic mass is 16.5. The normalized spacial score (nSPS) is 10.0. The number of methoxy groups -OCH3 is 1. The molecule has 6 nitrogen and oxygen atoms in total. The third-order valence-electron chi connectivity index (χ3n) is 1.78. The Hall–Kier alpha value is -2.11. The minimum atomic E-state index is 0.454. The van der Waals surface area contributed by atoms with Crippen molar-refractivity contribution in [2.24, 2.45) is 0 Å². The molecule has 0 atom stereocenters. The van der Waals surface area contributed by atoms with Crippen molar-refractivity contribution in [2.45, 2.75) is 6.92 Å². The molecule has 0 unspecified atom stereocenters. The van der Waals surface area contributed by atoms with E-state index in [-0.39, 0.29) is 0 Å². The van der Waals surface area contributed by atoms with Crippen LogP contribution in [0, 0.1) is 6.92 Å². The van der Waals surface area contributed by atoms with Gasteiger partial charge in [-0.15, -0.1) is 20.4 Å². The number of pyridine rings is 1. The van der Waals surface area contributed by atoms with Crippen molar-refractivity contribution in [3.8, 4) is 17.3 Å². The summed E-state index contributed by atoms with van der Waals surface area (Å²) in [5.74, 6) is 1.54. The summed E-state index contributed by atoms with van der Waals surface area (Å²) >= 11 is 0. The lowest BCUT2D eigenvalue weighted by atomic mass is 10.3. The quantitative estimate of drug-likeness (QED) is 0.713. The van der Waals surface area contributed by atoms with Gasteiger partial charge in [0.1, 0.15) is 0 Å². The molecule has 0 bridgehead atoms. The molecule has 0 amide bonds. The molecular weight excluding hydrogens is 194 g/mol. The van der Waals surface area contributed by atoms with Crippen LogP contribution < -0.4 is 4.74 Å². The molecule has 0 saturated heterocycles. The van der Waals surface area contributed by atoms with Crippen molar-refractivity contribution in [1.82, 2.24) is 25.4 Å². The van der Waals surface area contributed by atoms with Crippen molar-refractivity contribution in [3.05, 3.63) is 24.2 Å². The number of rotatable bonds is 2. The van der Waals surface area contributed by atoms with Crippen LogP contribution in [-0.2, 0) is 0 Å². The van der Waals surface area contributed by atoms with Gasteiger partial charge < -0.3 is 4.74 Å². The van der Waals surface area contributed by atoms with E-state index in [4.69, 9.17) is 4.74 Å². The predicted molar refractivity (Wildman–Crippen MR) is 52.1 cm³/mol. The zero-order valence-corrected chi connectivity index (χ0v) is 8.38. The summed E-state index contributed by atoms with van der Waals surface area (Å²) in [6.45, 7) is 1.73. The van der Waals surface area contributed by atoms with Gasteiger partial charge in [-0.1, -0.05) is 0 Å². The van der Waals surface area contributed by atoms with Gasteiger partial charge in [-0.25, -0.2) is 4.98 Å². The zero-order valence-electron chi connectivity index (χ0n) is 8.38. The second-order valence-electron chi connectivity index (χ2n) is 2.86. The lowest BCUT2D eigenvalue weighted by Gasteiger charge is -1.99. The predicted octanol–water partition coefficient (Wildman–Crippen LogP) is 0.646. The Balaban J connectivity index is 2.33. The van der Waals surface area contributed by atoms with Crippen molar-refractivity contribution >= 4 is 0 Å². The molecule has 0 aliphatic heterocycles. The van der Waals surface area contributed by atoms with Gasteiger partial charge in [-0.3, -0.25) is 0 Å². The van der Waals surface area contributed by atoms with E-state index in [1.54, 1.807) is 32.4 Å². The topological polar surface area (TPSA) is 73.7 Å². The van der Waals surface area contributed by atoms with Gasteiger partial charge in [0.15, 0.2) is 5.82 Å². The van der Waals surface area contributed by atoms with Crippen LogP contribution >= 0.6 is 0 Å². The van der Waals surface area contributed by atoms with Crippen LogP contribution in [0.4, 0.5) is 0 Å². The maximum absolute atomic E-state index is 4.94. The second kappa shape index (κ2) is 3.95. The minimum Gasteiger partial charge on any atom is -0.481 e. The van der Waals surface area contributed by atoms with Gasteiger partial charge in [-0.2, -0.15) is 0 Å². The van der Waals surface area contributed by atoms with Gasteiger partial charge in [0.05, 0.1) is 7.11 Å². The van der Waals surface area contributed by atoms with Crippen molar-refractivity contribution < 1.29 is 4.74 Å². The van der Waals surface area contributed by atoms with E-state index in [0.717, 1.165) is 5.56 Å². The zero-order chi connectivity index (χ0) is 10.7. The Morgan fingerprint density at radius 1 is 1.07 bits per heavy atom. The van der Waals surface area contributed by atoms with Crippen LogP contribution in [0.2, 0.25) is 0 Å². The lowest BCUT2D eigenvalue weighted by Crippen LogP contribution is -1.99. The first-order chi connectivity index (χ1) is 7.29. The van der Waals surface area contributed by atoms with Crippen molar-refractivity contribution in [1.29, 1.82) is 0 Å². The summed E-state index contributed by atoms with van der Waals surface area (Å²) in [6.07, 6.45) is 1.62. The highest BCUT2D eigenvalue weighted by Crippen LogP contribution is 2.14. The van der Waals surface area contributed by atoms with Gasteiger partial charge >= 0.3 is 0 Å². The molecule has 2 heterocycles. The average molecular weight is 203 g/mol. The van der Waals surface area contributed by atoms with E-state index in [0.29, 0.717) is 17.5 Å². The second-order valence-corrected chi connectivity index (χ2v) is 2.86. The van der Waals surface area contributed by atoms with Gasteiger partial charge in [0, 0.05) is 17.8 Å². The molecule has 0 spiro atoms. The molecule has 2 aromatic heterocycles. The molecule has 76 valence electrons. The van der Waals surface area contributed by atoms with E-state index < -0.39 is 0 Å². The molecule has 2 aromatic rings. The third kappa shape index (κ3) is 2.04. The van der Waals surface area contributed by atoms with Crippen LogP contribution in [0.3, 0.4) is 0 Å². The summed E-state index contributed by atoms with van der Waals surface area (Å²) in [4.78, 5) is 4.04. The monoisotopic (exact) mass is 203 g/mol. The summed E-state index contributed by atoms with van der Waals surface area (Å²) in [5.41, 5.74) is 0.760. The Morgan fingerprint density at radius 2 is 1.80 bits per heavy atom. The van der Waals surface area contributed by atoms with Crippen LogP contribution in [0.15, 0.2) is 18.3 Å². The molecule has 0 N–H and O–H groups in total. The lowest BCUT2D eigenvalue weighted by molar-refractivity contribution is 0.398. The molecule has 0 aromatic carbocycles. The van der Waals surface area contributed by atoms with Crippen molar-refractivity contribution in [2.75, 3.05) is 7.11 Å². The average Bonchev–Trinajstić information content (AvgIpc) is 2.30. The maximum atomic E-state index is 4.94. The molecule has 0 radical (unpaired) electrons. The number of ether oxygens (including phenoxy) is 1. The first-order valence-electron chi connectivity index (χ1n) is 4.34. The molecule has 0 fully saturated rings. The largest absolute Gasteiger partial charge is 0.481 e. The van der Waals surface area contributed by atoms with E-state index in [1.807, 2.05) is 0 Å². The fraction of sp³-hybridized carbons (Fsp3) is 0.222. The SMILES string of the molecule is COc1ccc(-c2nnc(C)nn2)cn1. The molecule has 0 aliphatic rings. The fourth-order valence-corrected chi connectivity index (χ4v) is 1.03. The van der Waals surface area contributed by atoms with E-state index in [1.165, 1.54) is 0 Å². The molecular formula is C9H9N5O. The Kier molecular flexibility index (Phi) is 2.49. The Bertz CT molecular complexity index is 439. The van der Waals surface area contributed by atoms with Crippen LogP contribution in [-0.4, -0.2) is 32.5 Å². The third-order valence-corrected chi connectivity index (χ3v) is 1.78. The van der Waals surface area contributed by atoms with Gasteiger partial charge in [0.25, 0.3) is 0 Å². The molecule has 0 aliphatic carbocycles.